The van der Waals surface area contributed by atoms with Gasteiger partial charge in [0.05, 0.1) is 0 Å². The summed E-state index contributed by atoms with van der Waals surface area (Å²) >= 11 is 0. The van der Waals surface area contributed by atoms with E-state index in [2.05, 4.69) is 20.0 Å². The molecule has 3 heterocycles. The van der Waals surface area contributed by atoms with Gasteiger partial charge in [-0.1, -0.05) is 0 Å². The van der Waals surface area contributed by atoms with Gasteiger partial charge in [-0.25, -0.2) is 0 Å². The van der Waals surface area contributed by atoms with Crippen LogP contribution in [0.5, 0.6) is 0 Å². The summed E-state index contributed by atoms with van der Waals surface area (Å²) in [5, 5.41) is 3.24. The Balaban J connectivity index is 1.31. The molecule has 3 rings (SSSR count). The number of piperidine rings is 3. The van der Waals surface area contributed by atoms with Crippen molar-refractivity contribution in [1.82, 2.24) is 20.0 Å². The number of nitrogens with one attached hydrogen (secondary N) is 1. The Morgan fingerprint density at radius 2 is 1.37 bits per heavy atom. The van der Waals surface area contributed by atoms with Crippen molar-refractivity contribution in [2.24, 2.45) is 11.7 Å². The third-order valence-electron chi connectivity index (χ3n) is 7.17. The van der Waals surface area contributed by atoms with Crippen LogP contribution in [0.15, 0.2) is 0 Å². The Bertz CT molecular complexity index is 436. The number of primary amides is 1. The Hall–Kier alpha value is -0.690. The third kappa shape index (κ3) is 6.14. The predicted molar refractivity (Wildman–Crippen MR) is 111 cm³/mol. The minimum Gasteiger partial charge on any atom is -0.369 e. The van der Waals surface area contributed by atoms with Gasteiger partial charge in [-0.3, -0.25) is 4.79 Å². The van der Waals surface area contributed by atoms with Crippen molar-refractivity contribution < 1.29 is 4.79 Å². The summed E-state index contributed by atoms with van der Waals surface area (Å²) in [5.41, 5.74) is 5.47. The monoisotopic (exact) mass is 379 g/mol. The van der Waals surface area contributed by atoms with Crippen molar-refractivity contribution in [2.45, 2.75) is 63.5 Å². The average molecular weight is 380 g/mol. The summed E-state index contributed by atoms with van der Waals surface area (Å²) in [6.07, 6.45) is 9.83. The van der Waals surface area contributed by atoms with Crippen LogP contribution in [-0.2, 0) is 4.79 Å². The molecule has 0 bridgehead atoms. The van der Waals surface area contributed by atoms with E-state index in [1.807, 2.05) is 7.05 Å². The molecular formula is C21H41N5O. The molecule has 0 aromatic heterocycles. The first-order valence-corrected chi connectivity index (χ1v) is 11.3. The van der Waals surface area contributed by atoms with E-state index in [0.29, 0.717) is 0 Å². The van der Waals surface area contributed by atoms with E-state index in [1.165, 1.54) is 71.2 Å². The molecular weight excluding hydrogens is 338 g/mol. The molecule has 0 spiro atoms. The van der Waals surface area contributed by atoms with Crippen molar-refractivity contribution in [3.8, 4) is 0 Å². The minimum atomic E-state index is -0.0992. The van der Waals surface area contributed by atoms with Gasteiger partial charge in [-0.2, -0.15) is 0 Å². The third-order valence-corrected chi connectivity index (χ3v) is 7.17. The van der Waals surface area contributed by atoms with Crippen LogP contribution < -0.4 is 11.1 Å². The number of amides is 1. The van der Waals surface area contributed by atoms with Crippen molar-refractivity contribution in [2.75, 3.05) is 59.4 Å². The van der Waals surface area contributed by atoms with Gasteiger partial charge >= 0.3 is 0 Å². The number of likely N-dealkylation sites (tertiary alicyclic amines) is 3. The fourth-order valence-electron chi connectivity index (χ4n) is 5.31. The zero-order chi connectivity index (χ0) is 19.1. The first kappa shape index (κ1) is 21.0. The van der Waals surface area contributed by atoms with Crippen LogP contribution in [0.2, 0.25) is 0 Å². The standard InChI is InChI=1S/C21H41N5O/c1-23-10-2-3-11-24-12-6-19(7-13-24)26-16-8-20(9-17-26)25-14-4-18(5-15-25)21(22)27/h18-20,23H,2-17H2,1H3,(H2,22,27). The summed E-state index contributed by atoms with van der Waals surface area (Å²) in [6.45, 7) is 9.62. The number of hydrogen-bond donors (Lipinski definition) is 2. The van der Waals surface area contributed by atoms with Crippen molar-refractivity contribution >= 4 is 5.91 Å². The maximum atomic E-state index is 11.4. The molecule has 0 aromatic carbocycles. The minimum absolute atomic E-state index is 0.0992. The molecule has 0 atom stereocenters. The van der Waals surface area contributed by atoms with Crippen LogP contribution in [0, 0.1) is 5.92 Å². The molecule has 27 heavy (non-hydrogen) atoms. The SMILES string of the molecule is CNCCCCN1CCC(N2CCC(N3CCC(C(N)=O)CC3)CC2)CC1. The van der Waals surface area contributed by atoms with Crippen molar-refractivity contribution in [3.63, 3.8) is 0 Å². The second-order valence-corrected chi connectivity index (χ2v) is 8.86. The smallest absolute Gasteiger partial charge is 0.220 e. The molecule has 1 amide bonds. The molecule has 3 saturated heterocycles. The lowest BCUT2D eigenvalue weighted by Gasteiger charge is -2.45. The average Bonchev–Trinajstić information content (AvgIpc) is 2.72. The molecule has 6 nitrogen and oxygen atoms in total. The molecule has 0 saturated carbocycles. The number of hydrogen-bond acceptors (Lipinski definition) is 5. The fraction of sp³-hybridized carbons (Fsp3) is 0.952. The number of nitrogens with two attached hydrogens (primary N) is 1. The zero-order valence-corrected chi connectivity index (χ0v) is 17.4. The van der Waals surface area contributed by atoms with Gasteiger partial charge in [0.2, 0.25) is 5.91 Å². The first-order valence-electron chi connectivity index (χ1n) is 11.3. The molecule has 0 aromatic rings. The number of carbonyl (C=O) groups excluding carboxylic acids is 1. The molecule has 156 valence electrons. The van der Waals surface area contributed by atoms with Gasteiger partial charge < -0.3 is 25.8 Å². The predicted octanol–water partition coefficient (Wildman–Crippen LogP) is 1.11. The molecule has 0 unspecified atom stereocenters. The van der Waals surface area contributed by atoms with Crippen LogP contribution in [0.3, 0.4) is 0 Å². The number of carbonyl (C=O) groups is 1. The molecule has 3 fully saturated rings. The largest absolute Gasteiger partial charge is 0.369 e. The van der Waals surface area contributed by atoms with E-state index >= 15 is 0 Å². The lowest BCUT2D eigenvalue weighted by atomic mass is 9.92. The summed E-state index contributed by atoms with van der Waals surface area (Å²) in [7, 11) is 2.04. The molecule has 3 N–H and O–H groups in total. The van der Waals surface area contributed by atoms with Gasteiger partial charge in [0.15, 0.2) is 0 Å². The second kappa shape index (κ2) is 10.7. The van der Waals surface area contributed by atoms with Crippen molar-refractivity contribution in [1.29, 1.82) is 0 Å². The molecule has 3 aliphatic heterocycles. The summed E-state index contributed by atoms with van der Waals surface area (Å²) in [4.78, 5) is 19.4. The number of rotatable bonds is 8. The first-order chi connectivity index (χ1) is 13.2. The Labute approximate surface area is 165 Å². The molecule has 0 aliphatic carbocycles. The highest BCUT2D eigenvalue weighted by molar-refractivity contribution is 5.76. The van der Waals surface area contributed by atoms with E-state index in [4.69, 9.17) is 5.73 Å². The second-order valence-electron chi connectivity index (χ2n) is 8.86. The highest BCUT2D eigenvalue weighted by Gasteiger charge is 2.32. The number of nitrogens with zero attached hydrogens (tertiary/aromatic N) is 3. The van der Waals surface area contributed by atoms with Gasteiger partial charge in [0, 0.05) is 18.0 Å². The molecule has 6 heteroatoms. The zero-order valence-electron chi connectivity index (χ0n) is 17.4. The fourth-order valence-corrected chi connectivity index (χ4v) is 5.31. The topological polar surface area (TPSA) is 64.8 Å². The summed E-state index contributed by atoms with van der Waals surface area (Å²) in [6, 6.07) is 1.53. The summed E-state index contributed by atoms with van der Waals surface area (Å²) in [5.74, 6) is 0.0163. The van der Waals surface area contributed by atoms with E-state index in [1.54, 1.807) is 0 Å². The van der Waals surface area contributed by atoms with Crippen LogP contribution in [0.4, 0.5) is 0 Å². The van der Waals surface area contributed by atoms with E-state index < -0.39 is 0 Å². The van der Waals surface area contributed by atoms with Crippen LogP contribution >= 0.6 is 0 Å². The van der Waals surface area contributed by atoms with E-state index in [9.17, 15) is 4.79 Å². The highest BCUT2D eigenvalue weighted by atomic mass is 16.1. The maximum absolute atomic E-state index is 11.4. The van der Waals surface area contributed by atoms with Crippen LogP contribution in [-0.4, -0.2) is 92.1 Å². The van der Waals surface area contributed by atoms with E-state index in [-0.39, 0.29) is 11.8 Å². The normalized spacial score (nSPS) is 25.8. The summed E-state index contributed by atoms with van der Waals surface area (Å²) < 4.78 is 0. The van der Waals surface area contributed by atoms with Gasteiger partial charge in [0.25, 0.3) is 0 Å². The molecule has 3 aliphatic rings. The van der Waals surface area contributed by atoms with E-state index in [0.717, 1.165) is 44.6 Å². The Kier molecular flexibility index (Phi) is 8.37. The Morgan fingerprint density at radius 3 is 1.89 bits per heavy atom. The quantitative estimate of drug-likeness (QED) is 0.619. The van der Waals surface area contributed by atoms with Gasteiger partial charge in [0.1, 0.15) is 0 Å². The van der Waals surface area contributed by atoms with Crippen LogP contribution in [0.25, 0.3) is 0 Å². The van der Waals surface area contributed by atoms with Crippen molar-refractivity contribution in [3.05, 3.63) is 0 Å². The lowest BCUT2D eigenvalue weighted by molar-refractivity contribution is -0.123. The maximum Gasteiger partial charge on any atom is 0.220 e. The van der Waals surface area contributed by atoms with Gasteiger partial charge in [-0.05, 0) is 111 Å². The Morgan fingerprint density at radius 1 is 0.852 bits per heavy atom. The molecule has 0 radical (unpaired) electrons. The highest BCUT2D eigenvalue weighted by Crippen LogP contribution is 2.26. The van der Waals surface area contributed by atoms with Crippen LogP contribution in [0.1, 0.15) is 51.4 Å². The number of unbranched alkanes of at least 4 members (excludes halogenated alkanes) is 1. The van der Waals surface area contributed by atoms with Gasteiger partial charge in [-0.15, -0.1) is 0 Å². The lowest BCUT2D eigenvalue weighted by Crippen LogP contribution is -2.52.